The number of allylic oxidation sites excluding steroid dienone is 7. The maximum Gasteiger partial charge on any atom is 0.472 e. The Labute approximate surface area is 303 Å². The Kier molecular flexibility index (Phi) is 33.9. The Balaban J connectivity index is 4.34. The molecule has 0 spiro atoms. The maximum absolute atomic E-state index is 12.5. The number of rotatable bonds is 35. The summed E-state index contributed by atoms with van der Waals surface area (Å²) in [5, 5.41) is 9.79. The molecule has 0 aliphatic heterocycles. The lowest BCUT2D eigenvalue weighted by Crippen LogP contribution is -2.29. The third kappa shape index (κ3) is 34.4. The van der Waals surface area contributed by atoms with Gasteiger partial charge < -0.3 is 25.2 Å². The van der Waals surface area contributed by atoms with Crippen molar-refractivity contribution in [1.29, 1.82) is 0 Å². The molecule has 0 bridgehead atoms. The van der Waals surface area contributed by atoms with Crippen LogP contribution in [-0.2, 0) is 32.7 Å². The van der Waals surface area contributed by atoms with E-state index in [1.54, 1.807) is 0 Å². The molecule has 10 nitrogen and oxygen atoms in total. The molecular weight excluding hydrogens is 657 g/mol. The average molecular weight is 728 g/mol. The molecule has 0 fully saturated rings. The highest BCUT2D eigenvalue weighted by Crippen LogP contribution is 2.43. The van der Waals surface area contributed by atoms with Crippen molar-refractivity contribution in [2.24, 2.45) is 5.73 Å². The van der Waals surface area contributed by atoms with Gasteiger partial charge in [-0.1, -0.05) is 140 Å². The Bertz CT molecular complexity index is 983. The number of phosphoric acid groups is 1. The quantitative estimate of drug-likeness (QED) is 0.0249. The van der Waals surface area contributed by atoms with Crippen LogP contribution in [0.1, 0.15) is 149 Å². The summed E-state index contributed by atoms with van der Waals surface area (Å²) in [6, 6.07) is 0. The highest BCUT2D eigenvalue weighted by atomic mass is 31.2. The summed E-state index contributed by atoms with van der Waals surface area (Å²) in [5.74, 6) is -0.920. The molecule has 3 atom stereocenters. The van der Waals surface area contributed by atoms with Gasteiger partial charge in [0.05, 0.1) is 19.3 Å². The van der Waals surface area contributed by atoms with Gasteiger partial charge in [0.15, 0.2) is 6.10 Å². The van der Waals surface area contributed by atoms with E-state index in [1.807, 2.05) is 24.3 Å². The second-order valence-corrected chi connectivity index (χ2v) is 14.1. The molecule has 0 radical (unpaired) electrons. The van der Waals surface area contributed by atoms with E-state index in [0.29, 0.717) is 19.3 Å². The van der Waals surface area contributed by atoms with Crippen molar-refractivity contribution >= 4 is 19.8 Å². The van der Waals surface area contributed by atoms with Crippen LogP contribution >= 0.6 is 7.82 Å². The summed E-state index contributed by atoms with van der Waals surface area (Å²) < 4.78 is 32.5. The van der Waals surface area contributed by atoms with Crippen LogP contribution in [0.25, 0.3) is 0 Å². The van der Waals surface area contributed by atoms with Crippen LogP contribution < -0.4 is 5.73 Å². The van der Waals surface area contributed by atoms with Gasteiger partial charge in [-0.2, -0.15) is 0 Å². The number of esters is 2. The van der Waals surface area contributed by atoms with Crippen LogP contribution in [0.3, 0.4) is 0 Å². The lowest BCUT2D eigenvalue weighted by atomic mass is 10.1. The zero-order chi connectivity index (χ0) is 37.0. The third-order valence-corrected chi connectivity index (χ3v) is 8.77. The first kappa shape index (κ1) is 47.9. The van der Waals surface area contributed by atoms with Gasteiger partial charge in [-0.05, 0) is 44.9 Å². The maximum atomic E-state index is 12.5. The summed E-state index contributed by atoms with van der Waals surface area (Å²) in [4.78, 5) is 34.6. The van der Waals surface area contributed by atoms with E-state index < -0.39 is 32.5 Å². The molecule has 0 saturated carbocycles. The predicted molar refractivity (Wildman–Crippen MR) is 202 cm³/mol. The van der Waals surface area contributed by atoms with Gasteiger partial charge in [0.25, 0.3) is 0 Å². The number of hydrogen-bond donors (Lipinski definition) is 3. The van der Waals surface area contributed by atoms with Crippen molar-refractivity contribution in [2.45, 2.75) is 161 Å². The molecule has 11 heteroatoms. The standard InChI is InChI=1S/C39H70NO9P/c1-3-5-7-8-9-10-13-18-21-24-27-31-39(43)49-37(35-48-50(44,45)47-33-32-40)34-46-38(42)30-26-23-20-17-15-12-11-14-16-19-22-25-29-36(41)28-6-4-2/h11-12,16-17,19-20,25,29,36-37,41H,3-10,13-15,18,21-24,26-28,30-35,40H2,1-2H3,(H,44,45)/b12-11-,19-16-,20-17-,29-25-/t36-,37+/m0/s1. The van der Waals surface area contributed by atoms with Crippen molar-refractivity contribution in [3.63, 3.8) is 0 Å². The van der Waals surface area contributed by atoms with Gasteiger partial charge in [0, 0.05) is 19.4 Å². The molecule has 0 amide bonds. The molecule has 0 aromatic carbocycles. The number of nitrogens with two attached hydrogens (primary N) is 1. The minimum Gasteiger partial charge on any atom is -0.462 e. The number of hydrogen-bond acceptors (Lipinski definition) is 9. The van der Waals surface area contributed by atoms with Crippen LogP contribution in [0.5, 0.6) is 0 Å². The fourth-order valence-corrected chi connectivity index (χ4v) is 5.64. The Hall–Kier alpha value is -2.07. The zero-order valence-electron chi connectivity index (χ0n) is 31.2. The lowest BCUT2D eigenvalue weighted by molar-refractivity contribution is -0.161. The number of unbranched alkanes of at least 4 members (excludes halogenated alkanes) is 12. The molecule has 0 rings (SSSR count). The molecular formula is C39H70NO9P. The Morgan fingerprint density at radius 1 is 0.680 bits per heavy atom. The summed E-state index contributed by atoms with van der Waals surface area (Å²) in [6.45, 7) is 3.47. The number of aliphatic hydroxyl groups excluding tert-OH is 1. The van der Waals surface area contributed by atoms with E-state index in [0.717, 1.165) is 57.8 Å². The summed E-state index contributed by atoms with van der Waals surface area (Å²) in [6.07, 6.45) is 34.9. The van der Waals surface area contributed by atoms with Gasteiger partial charge in [-0.25, -0.2) is 4.57 Å². The normalized spacial score (nSPS) is 14.6. The highest BCUT2D eigenvalue weighted by molar-refractivity contribution is 7.47. The summed E-state index contributed by atoms with van der Waals surface area (Å²) in [7, 11) is -4.39. The van der Waals surface area contributed by atoms with E-state index in [4.69, 9.17) is 24.3 Å². The molecule has 0 aromatic rings. The van der Waals surface area contributed by atoms with E-state index >= 15 is 0 Å². The molecule has 0 aliphatic carbocycles. The highest BCUT2D eigenvalue weighted by Gasteiger charge is 2.25. The molecule has 50 heavy (non-hydrogen) atoms. The van der Waals surface area contributed by atoms with Gasteiger partial charge in [-0.15, -0.1) is 0 Å². The van der Waals surface area contributed by atoms with Crippen LogP contribution in [0, 0.1) is 0 Å². The predicted octanol–water partition coefficient (Wildman–Crippen LogP) is 9.35. The van der Waals surface area contributed by atoms with Crippen molar-refractivity contribution in [1.82, 2.24) is 0 Å². The fourth-order valence-electron chi connectivity index (χ4n) is 4.88. The minimum absolute atomic E-state index is 0.0392. The van der Waals surface area contributed by atoms with Crippen molar-refractivity contribution in [2.75, 3.05) is 26.4 Å². The molecule has 1 unspecified atom stereocenters. The van der Waals surface area contributed by atoms with Crippen molar-refractivity contribution in [3.05, 3.63) is 48.6 Å². The van der Waals surface area contributed by atoms with E-state index in [2.05, 4.69) is 38.2 Å². The molecule has 290 valence electrons. The second kappa shape index (κ2) is 35.3. The Morgan fingerprint density at radius 2 is 1.22 bits per heavy atom. The topological polar surface area (TPSA) is 155 Å². The minimum atomic E-state index is -4.39. The second-order valence-electron chi connectivity index (χ2n) is 12.6. The first-order valence-electron chi connectivity index (χ1n) is 19.2. The number of carbonyl (C=O) groups excluding carboxylic acids is 2. The van der Waals surface area contributed by atoms with Gasteiger partial charge in [0.1, 0.15) is 6.61 Å². The number of carbonyl (C=O) groups is 2. The first-order valence-corrected chi connectivity index (χ1v) is 20.7. The third-order valence-electron chi connectivity index (χ3n) is 7.79. The van der Waals surface area contributed by atoms with Gasteiger partial charge in [-0.3, -0.25) is 18.6 Å². The van der Waals surface area contributed by atoms with Crippen LogP contribution in [-0.4, -0.2) is 60.5 Å². The first-order chi connectivity index (χ1) is 24.2. The lowest BCUT2D eigenvalue weighted by Gasteiger charge is -2.19. The van der Waals surface area contributed by atoms with E-state index in [9.17, 15) is 24.2 Å². The molecule has 0 heterocycles. The monoisotopic (exact) mass is 727 g/mol. The van der Waals surface area contributed by atoms with Gasteiger partial charge >= 0.3 is 19.8 Å². The molecule has 0 aliphatic rings. The van der Waals surface area contributed by atoms with Crippen molar-refractivity contribution in [3.8, 4) is 0 Å². The SMILES string of the molecule is CCCCCCCCCCCCCC(=O)O[C@H](COC(=O)CCC/C=C\C/C=C\C/C=C\C/C=C\[C@@H](O)CCCC)COP(=O)(O)OCCN. The van der Waals surface area contributed by atoms with Gasteiger partial charge in [0.2, 0.25) is 0 Å². The smallest absolute Gasteiger partial charge is 0.462 e. The zero-order valence-corrected chi connectivity index (χ0v) is 32.1. The largest absolute Gasteiger partial charge is 0.472 e. The average Bonchev–Trinajstić information content (AvgIpc) is 3.10. The van der Waals surface area contributed by atoms with Crippen LogP contribution in [0.4, 0.5) is 0 Å². The van der Waals surface area contributed by atoms with Crippen LogP contribution in [0.15, 0.2) is 48.6 Å². The van der Waals surface area contributed by atoms with Crippen molar-refractivity contribution < 1.29 is 42.7 Å². The Morgan fingerprint density at radius 3 is 1.82 bits per heavy atom. The number of ether oxygens (including phenoxy) is 2. The molecule has 4 N–H and O–H groups in total. The molecule has 0 saturated heterocycles. The molecule has 0 aromatic heterocycles. The fraction of sp³-hybridized carbons (Fsp3) is 0.744. The number of aliphatic hydroxyl groups is 1. The van der Waals surface area contributed by atoms with Crippen LogP contribution in [0.2, 0.25) is 0 Å². The van der Waals surface area contributed by atoms with E-state index in [1.165, 1.54) is 44.9 Å². The summed E-state index contributed by atoms with van der Waals surface area (Å²) in [5.41, 5.74) is 5.32. The summed E-state index contributed by atoms with van der Waals surface area (Å²) >= 11 is 0. The van der Waals surface area contributed by atoms with E-state index in [-0.39, 0.29) is 38.7 Å². The number of phosphoric ester groups is 1.